The van der Waals surface area contributed by atoms with E-state index >= 15 is 0 Å². The molecule has 0 aliphatic heterocycles. The van der Waals surface area contributed by atoms with Crippen LogP contribution in [0.4, 0.5) is 17.1 Å². The predicted molar refractivity (Wildman–Crippen MR) is 141 cm³/mol. The summed E-state index contributed by atoms with van der Waals surface area (Å²) in [7, 11) is 0. The molecule has 0 spiro atoms. The Morgan fingerprint density at radius 3 is 1.94 bits per heavy atom. The van der Waals surface area contributed by atoms with Gasteiger partial charge in [-0.2, -0.15) is 0 Å². The minimum absolute atomic E-state index is 0.591. The number of anilines is 3. The number of hydrogen-bond acceptors (Lipinski definition) is 4. The number of aromatic nitrogens is 1. The fraction of sp³-hybridized carbons (Fsp3) is 0. The molecule has 0 radical (unpaired) electrons. The van der Waals surface area contributed by atoms with Crippen LogP contribution in [0.25, 0.3) is 44.5 Å². The molecule has 0 saturated heterocycles. The molecule has 0 aliphatic rings. The highest BCUT2D eigenvalue weighted by Crippen LogP contribution is 2.44. The van der Waals surface area contributed by atoms with E-state index < -0.39 is 0 Å². The van der Waals surface area contributed by atoms with E-state index in [0.29, 0.717) is 5.89 Å². The molecule has 0 atom stereocenters. The van der Waals surface area contributed by atoms with Crippen molar-refractivity contribution >= 4 is 50.1 Å². The molecule has 2 heterocycles. The second-order valence-corrected chi connectivity index (χ2v) is 8.43. The maximum absolute atomic E-state index is 6.53. The van der Waals surface area contributed by atoms with E-state index in [1.165, 1.54) is 0 Å². The summed E-state index contributed by atoms with van der Waals surface area (Å²) in [5.74, 6) is 0.591. The number of para-hydroxylation sites is 5. The van der Waals surface area contributed by atoms with Gasteiger partial charge in [0, 0.05) is 27.7 Å². The van der Waals surface area contributed by atoms with Gasteiger partial charge in [-0.1, -0.05) is 66.7 Å². The smallest absolute Gasteiger partial charge is 0.228 e. The van der Waals surface area contributed by atoms with E-state index in [1.54, 1.807) is 0 Å². The van der Waals surface area contributed by atoms with E-state index in [1.807, 2.05) is 54.6 Å². The summed E-state index contributed by atoms with van der Waals surface area (Å²) < 4.78 is 12.7. The molecule has 0 fully saturated rings. The molecule has 7 rings (SSSR count). The molecule has 5 aromatic carbocycles. The van der Waals surface area contributed by atoms with Crippen LogP contribution >= 0.6 is 0 Å². The van der Waals surface area contributed by atoms with Crippen LogP contribution < -0.4 is 4.90 Å². The Labute approximate surface area is 201 Å². The summed E-state index contributed by atoms with van der Waals surface area (Å²) >= 11 is 0. The van der Waals surface area contributed by atoms with Gasteiger partial charge < -0.3 is 13.7 Å². The number of oxazole rings is 1. The zero-order valence-corrected chi connectivity index (χ0v) is 18.8. The molecule has 0 unspecified atom stereocenters. The number of benzene rings is 5. The van der Waals surface area contributed by atoms with Crippen molar-refractivity contribution in [2.24, 2.45) is 0 Å². The van der Waals surface area contributed by atoms with Crippen molar-refractivity contribution in [1.29, 1.82) is 0 Å². The average Bonchev–Trinajstić information content (AvgIpc) is 3.52. The fourth-order valence-corrected chi connectivity index (χ4v) is 4.76. The Balaban J connectivity index is 1.50. The van der Waals surface area contributed by atoms with Crippen molar-refractivity contribution in [3.05, 3.63) is 121 Å². The summed E-state index contributed by atoms with van der Waals surface area (Å²) in [6.45, 7) is 0. The Morgan fingerprint density at radius 1 is 0.543 bits per heavy atom. The normalized spacial score (nSPS) is 11.4. The van der Waals surface area contributed by atoms with Gasteiger partial charge in [0.25, 0.3) is 0 Å². The summed E-state index contributed by atoms with van der Waals surface area (Å²) in [5, 5.41) is 2.02. The third-order valence-corrected chi connectivity index (χ3v) is 6.30. The topological polar surface area (TPSA) is 42.4 Å². The highest BCUT2D eigenvalue weighted by molar-refractivity contribution is 6.15. The molecule has 7 aromatic rings. The van der Waals surface area contributed by atoms with Crippen molar-refractivity contribution < 1.29 is 8.83 Å². The molecule has 4 nitrogen and oxygen atoms in total. The average molecular weight is 453 g/mol. The van der Waals surface area contributed by atoms with E-state index in [9.17, 15) is 0 Å². The first kappa shape index (κ1) is 19.6. The third kappa shape index (κ3) is 3.19. The summed E-state index contributed by atoms with van der Waals surface area (Å²) in [6, 6.07) is 40.8. The van der Waals surface area contributed by atoms with Crippen LogP contribution in [0.3, 0.4) is 0 Å². The second-order valence-electron chi connectivity index (χ2n) is 8.43. The van der Waals surface area contributed by atoms with Crippen LogP contribution in [0, 0.1) is 0 Å². The Hall–Kier alpha value is -4.83. The lowest BCUT2D eigenvalue weighted by molar-refractivity contribution is 0.620. The minimum Gasteiger partial charge on any atom is -0.454 e. The van der Waals surface area contributed by atoms with Crippen LogP contribution in [0.2, 0.25) is 0 Å². The van der Waals surface area contributed by atoms with E-state index in [4.69, 9.17) is 13.8 Å². The van der Waals surface area contributed by atoms with Crippen molar-refractivity contribution in [3.63, 3.8) is 0 Å². The van der Waals surface area contributed by atoms with Gasteiger partial charge in [0.1, 0.15) is 11.1 Å². The van der Waals surface area contributed by atoms with Crippen LogP contribution in [0.15, 0.2) is 130 Å². The molecule has 0 aliphatic carbocycles. The summed E-state index contributed by atoms with van der Waals surface area (Å²) in [5.41, 5.74) is 7.24. The van der Waals surface area contributed by atoms with Gasteiger partial charge in [-0.05, 0) is 54.6 Å². The third-order valence-electron chi connectivity index (χ3n) is 6.30. The molecule has 0 saturated carbocycles. The summed E-state index contributed by atoms with van der Waals surface area (Å²) in [4.78, 5) is 6.98. The SMILES string of the molecule is c1ccc(N(c2ccccc2)c2cccc3c2oc2cccc(-c4nc5ccccc5o4)c23)cc1. The highest BCUT2D eigenvalue weighted by Gasteiger charge is 2.21. The molecule has 0 bridgehead atoms. The van der Waals surface area contributed by atoms with E-state index in [0.717, 1.165) is 55.7 Å². The number of furan rings is 1. The first-order valence-corrected chi connectivity index (χ1v) is 11.6. The molecule has 0 N–H and O–H groups in total. The Kier molecular flexibility index (Phi) is 4.42. The zero-order chi connectivity index (χ0) is 23.2. The van der Waals surface area contributed by atoms with Gasteiger partial charge in [-0.25, -0.2) is 4.98 Å². The van der Waals surface area contributed by atoms with Gasteiger partial charge in [0.2, 0.25) is 5.89 Å². The first-order chi connectivity index (χ1) is 17.4. The molecule has 2 aromatic heterocycles. The van der Waals surface area contributed by atoms with Crippen LogP contribution in [0.5, 0.6) is 0 Å². The zero-order valence-electron chi connectivity index (χ0n) is 18.8. The molecule has 4 heteroatoms. The fourth-order valence-electron chi connectivity index (χ4n) is 4.76. The highest BCUT2D eigenvalue weighted by atomic mass is 16.3. The molecular formula is C31H20N2O2. The monoisotopic (exact) mass is 452 g/mol. The molecule has 0 amide bonds. The number of fused-ring (bicyclic) bond motifs is 4. The Morgan fingerprint density at radius 2 is 1.20 bits per heavy atom. The lowest BCUT2D eigenvalue weighted by atomic mass is 10.1. The lowest BCUT2D eigenvalue weighted by Crippen LogP contribution is -2.09. The Bertz CT molecular complexity index is 1730. The van der Waals surface area contributed by atoms with E-state index in [2.05, 4.69) is 71.6 Å². The van der Waals surface area contributed by atoms with Gasteiger partial charge in [0.05, 0.1) is 5.69 Å². The summed E-state index contributed by atoms with van der Waals surface area (Å²) in [6.07, 6.45) is 0. The maximum atomic E-state index is 6.53. The van der Waals surface area contributed by atoms with E-state index in [-0.39, 0.29) is 0 Å². The quantitative estimate of drug-likeness (QED) is 0.267. The van der Waals surface area contributed by atoms with Gasteiger partial charge in [0.15, 0.2) is 11.2 Å². The van der Waals surface area contributed by atoms with Crippen molar-refractivity contribution in [3.8, 4) is 11.5 Å². The number of hydrogen-bond donors (Lipinski definition) is 0. The van der Waals surface area contributed by atoms with Crippen molar-refractivity contribution in [1.82, 2.24) is 4.98 Å². The standard InChI is InChI=1S/C31H20N2O2/c1-3-11-21(12-4-1)33(22-13-5-2-6-14-22)26-18-9-15-23-29-24(16-10-20-28(29)34-30(23)26)31-32-25-17-7-8-19-27(25)35-31/h1-20H. The molecule has 35 heavy (non-hydrogen) atoms. The van der Waals surface area contributed by atoms with Crippen LogP contribution in [0.1, 0.15) is 0 Å². The van der Waals surface area contributed by atoms with Gasteiger partial charge >= 0.3 is 0 Å². The van der Waals surface area contributed by atoms with Crippen molar-refractivity contribution in [2.75, 3.05) is 4.90 Å². The molecule has 166 valence electrons. The number of rotatable bonds is 4. The van der Waals surface area contributed by atoms with Gasteiger partial charge in [-0.15, -0.1) is 0 Å². The van der Waals surface area contributed by atoms with Crippen LogP contribution in [-0.2, 0) is 0 Å². The first-order valence-electron chi connectivity index (χ1n) is 11.6. The number of nitrogens with zero attached hydrogens (tertiary/aromatic N) is 2. The van der Waals surface area contributed by atoms with Gasteiger partial charge in [-0.3, -0.25) is 0 Å². The second kappa shape index (κ2) is 7.89. The maximum Gasteiger partial charge on any atom is 0.228 e. The minimum atomic E-state index is 0.591. The largest absolute Gasteiger partial charge is 0.454 e. The van der Waals surface area contributed by atoms with Crippen molar-refractivity contribution in [2.45, 2.75) is 0 Å². The molecular weight excluding hydrogens is 432 g/mol. The lowest BCUT2D eigenvalue weighted by Gasteiger charge is -2.25. The van der Waals surface area contributed by atoms with Crippen LogP contribution in [-0.4, -0.2) is 4.98 Å². The predicted octanol–water partition coefficient (Wildman–Crippen LogP) is 8.86.